The van der Waals surface area contributed by atoms with Crippen molar-refractivity contribution in [2.45, 2.75) is 5.41 Å². The highest BCUT2D eigenvalue weighted by Gasteiger charge is 2.78. The van der Waals surface area contributed by atoms with Crippen LogP contribution >= 0.6 is 23.2 Å². The number of nitrogens with one attached hydrogen (secondary N) is 1. The van der Waals surface area contributed by atoms with Crippen molar-refractivity contribution in [2.75, 3.05) is 5.32 Å². The molecule has 0 saturated heterocycles. The Labute approximate surface area is 182 Å². The fourth-order valence-corrected chi connectivity index (χ4v) is 4.86. The molecule has 2 atom stereocenters. The molecule has 1 heterocycles. The molecule has 1 aliphatic carbocycles. The largest absolute Gasteiger partial charge is 0.325 e. The lowest BCUT2D eigenvalue weighted by Gasteiger charge is -2.09. The van der Waals surface area contributed by atoms with Crippen molar-refractivity contribution in [1.82, 2.24) is 0 Å². The van der Waals surface area contributed by atoms with E-state index in [0.29, 0.717) is 32.4 Å². The van der Waals surface area contributed by atoms with Crippen molar-refractivity contribution in [1.29, 1.82) is 0 Å². The van der Waals surface area contributed by atoms with Gasteiger partial charge in [0, 0.05) is 26.9 Å². The summed E-state index contributed by atoms with van der Waals surface area (Å²) in [5.41, 5.74) is 0.974. The van der Waals surface area contributed by atoms with Gasteiger partial charge in [-0.3, -0.25) is 14.4 Å². The first-order valence-corrected chi connectivity index (χ1v) is 10.2. The van der Waals surface area contributed by atoms with Gasteiger partial charge in [-0.2, -0.15) is 0 Å². The molecule has 6 heteroatoms. The first kappa shape index (κ1) is 19.0. The summed E-state index contributed by atoms with van der Waals surface area (Å²) in [5.74, 6) is -2.38. The van der Waals surface area contributed by atoms with Crippen LogP contribution in [0.15, 0.2) is 72.8 Å². The number of hydrogen-bond acceptors (Lipinski definition) is 3. The number of rotatable bonds is 4. The number of anilines is 1. The lowest BCUT2D eigenvalue weighted by Crippen LogP contribution is -2.26. The number of hydrogen-bond donors (Lipinski definition) is 1. The van der Waals surface area contributed by atoms with Gasteiger partial charge in [0.05, 0.1) is 17.3 Å². The average molecular weight is 436 g/mol. The van der Waals surface area contributed by atoms with E-state index in [9.17, 15) is 14.4 Å². The van der Waals surface area contributed by atoms with Crippen LogP contribution in [0.2, 0.25) is 10.0 Å². The van der Waals surface area contributed by atoms with E-state index >= 15 is 0 Å². The van der Waals surface area contributed by atoms with E-state index in [4.69, 9.17) is 23.2 Å². The fourth-order valence-electron chi connectivity index (χ4n) is 4.61. The Morgan fingerprint density at radius 1 is 0.733 bits per heavy atom. The van der Waals surface area contributed by atoms with Crippen molar-refractivity contribution in [3.05, 3.63) is 99.5 Å². The standard InChI is InChI=1S/C24H15Cl2NO3/c25-15-9-5-13(6-10-15)21(28)19-20(22(29)14-7-11-16(26)12-8-14)24(19)17-3-1-2-4-18(17)27-23(24)30/h1-12,19-20H,(H,27,30). The van der Waals surface area contributed by atoms with E-state index in [1.54, 1.807) is 54.6 Å². The first-order chi connectivity index (χ1) is 14.4. The normalized spacial score (nSPS) is 23.7. The van der Waals surface area contributed by atoms with Crippen molar-refractivity contribution in [2.24, 2.45) is 11.8 Å². The van der Waals surface area contributed by atoms with Crippen LogP contribution in [0.25, 0.3) is 0 Å². The monoisotopic (exact) mass is 435 g/mol. The molecule has 30 heavy (non-hydrogen) atoms. The summed E-state index contributed by atoms with van der Waals surface area (Å²) in [5, 5.41) is 3.87. The minimum absolute atomic E-state index is 0.245. The summed E-state index contributed by atoms with van der Waals surface area (Å²) in [6.45, 7) is 0. The van der Waals surface area contributed by atoms with Gasteiger partial charge >= 0.3 is 0 Å². The SMILES string of the molecule is O=C(c1ccc(Cl)cc1)C1C(C(=O)c2ccc(Cl)cc2)C12C(=O)Nc1ccccc12. The molecule has 0 aromatic heterocycles. The van der Waals surface area contributed by atoms with E-state index in [2.05, 4.69) is 5.32 Å². The molecule has 3 aromatic carbocycles. The molecule has 1 amide bonds. The lowest BCUT2D eigenvalue weighted by molar-refractivity contribution is -0.118. The molecule has 4 nitrogen and oxygen atoms in total. The number of ketones is 2. The predicted molar refractivity (Wildman–Crippen MR) is 115 cm³/mol. The quantitative estimate of drug-likeness (QED) is 0.573. The summed E-state index contributed by atoms with van der Waals surface area (Å²) in [6.07, 6.45) is 0. The summed E-state index contributed by atoms with van der Waals surface area (Å²) < 4.78 is 0. The van der Waals surface area contributed by atoms with Crippen LogP contribution in [-0.4, -0.2) is 17.5 Å². The molecule has 1 N–H and O–H groups in total. The number of para-hydroxylation sites is 1. The molecule has 0 bridgehead atoms. The molecule has 1 spiro atoms. The third-order valence-corrected chi connectivity index (χ3v) is 6.53. The van der Waals surface area contributed by atoms with Crippen molar-refractivity contribution >= 4 is 46.4 Å². The topological polar surface area (TPSA) is 63.2 Å². The number of fused-ring (bicyclic) bond motifs is 2. The number of benzene rings is 3. The zero-order valence-corrected chi connectivity index (χ0v) is 17.1. The van der Waals surface area contributed by atoms with E-state index in [0.717, 1.165) is 0 Å². The molecule has 5 rings (SSSR count). The Bertz CT molecular complexity index is 1140. The zero-order valence-electron chi connectivity index (χ0n) is 15.6. The summed E-state index contributed by atoms with van der Waals surface area (Å²) in [4.78, 5) is 40.0. The van der Waals surface area contributed by atoms with Gasteiger partial charge in [0.1, 0.15) is 0 Å². The van der Waals surface area contributed by atoms with Gasteiger partial charge in [-0.1, -0.05) is 41.4 Å². The minimum Gasteiger partial charge on any atom is -0.325 e. The molecule has 1 saturated carbocycles. The molecule has 3 aromatic rings. The second kappa shape index (κ2) is 6.79. The molecular weight excluding hydrogens is 421 g/mol. The number of carbonyl (C=O) groups excluding carboxylic acids is 3. The van der Waals surface area contributed by atoms with Crippen LogP contribution in [-0.2, 0) is 10.2 Å². The number of amides is 1. The van der Waals surface area contributed by atoms with E-state index in [-0.39, 0.29) is 17.5 Å². The van der Waals surface area contributed by atoms with Crippen LogP contribution in [0.3, 0.4) is 0 Å². The maximum Gasteiger partial charge on any atom is 0.236 e. The van der Waals surface area contributed by atoms with Gasteiger partial charge in [0.2, 0.25) is 5.91 Å². The van der Waals surface area contributed by atoms with Gasteiger partial charge in [-0.25, -0.2) is 0 Å². The molecule has 1 fully saturated rings. The van der Waals surface area contributed by atoms with Crippen molar-refractivity contribution in [3.8, 4) is 0 Å². The zero-order chi connectivity index (χ0) is 21.0. The minimum atomic E-state index is -1.20. The number of carbonyl (C=O) groups is 3. The van der Waals surface area contributed by atoms with Gasteiger partial charge < -0.3 is 5.32 Å². The molecule has 2 unspecified atom stereocenters. The predicted octanol–water partition coefficient (Wildman–Crippen LogP) is 5.20. The highest BCUT2D eigenvalue weighted by atomic mass is 35.5. The van der Waals surface area contributed by atoms with Crippen LogP contribution < -0.4 is 5.32 Å². The summed E-state index contributed by atoms with van der Waals surface area (Å²) >= 11 is 11.9. The van der Waals surface area contributed by atoms with Gasteiger partial charge in [0.25, 0.3) is 0 Å². The highest BCUT2D eigenvalue weighted by molar-refractivity contribution is 6.31. The van der Waals surface area contributed by atoms with Crippen LogP contribution in [0.1, 0.15) is 26.3 Å². The molecule has 148 valence electrons. The Kier molecular flexibility index (Phi) is 4.31. The fraction of sp³-hybridized carbons (Fsp3) is 0.125. The average Bonchev–Trinajstić information content (AvgIpc) is 3.36. The van der Waals surface area contributed by atoms with Gasteiger partial charge in [-0.05, 0) is 60.2 Å². The number of Topliss-reactive ketones (excluding diaryl/α,β-unsaturated/α-hetero) is 2. The van der Waals surface area contributed by atoms with Gasteiger partial charge in [0.15, 0.2) is 11.6 Å². The Morgan fingerprint density at radius 3 is 1.70 bits per heavy atom. The van der Waals surface area contributed by atoms with E-state index in [1.165, 1.54) is 0 Å². The Hall–Kier alpha value is -2.95. The summed E-state index contributed by atoms with van der Waals surface area (Å²) in [7, 11) is 0. The van der Waals surface area contributed by atoms with Crippen molar-refractivity contribution in [3.63, 3.8) is 0 Å². The maximum atomic E-state index is 13.4. The first-order valence-electron chi connectivity index (χ1n) is 9.45. The molecule has 0 radical (unpaired) electrons. The van der Waals surface area contributed by atoms with Crippen LogP contribution in [0, 0.1) is 11.8 Å². The summed E-state index contributed by atoms with van der Waals surface area (Å²) in [6, 6.07) is 20.2. The van der Waals surface area contributed by atoms with E-state index in [1.807, 2.05) is 18.2 Å². The Balaban J connectivity index is 1.62. The molecule has 2 aliphatic rings. The van der Waals surface area contributed by atoms with Crippen LogP contribution in [0.5, 0.6) is 0 Å². The highest BCUT2D eigenvalue weighted by Crippen LogP contribution is 2.66. The van der Waals surface area contributed by atoms with Crippen LogP contribution in [0.4, 0.5) is 5.69 Å². The molecular formula is C24H15Cl2NO3. The maximum absolute atomic E-state index is 13.4. The third kappa shape index (κ3) is 2.64. The second-order valence-electron chi connectivity index (χ2n) is 7.57. The molecule has 1 aliphatic heterocycles. The van der Waals surface area contributed by atoms with Gasteiger partial charge in [-0.15, -0.1) is 0 Å². The Morgan fingerprint density at radius 2 is 1.20 bits per heavy atom. The lowest BCUT2D eigenvalue weighted by atomic mass is 9.90. The third-order valence-electron chi connectivity index (χ3n) is 6.02. The smallest absolute Gasteiger partial charge is 0.236 e. The van der Waals surface area contributed by atoms with E-state index < -0.39 is 17.3 Å². The second-order valence-corrected chi connectivity index (χ2v) is 8.44. The number of halogens is 2. The van der Waals surface area contributed by atoms with Crippen molar-refractivity contribution < 1.29 is 14.4 Å².